The van der Waals surface area contributed by atoms with Crippen LogP contribution in [-0.2, 0) is 11.2 Å². The molecular weight excluding hydrogens is 274 g/mol. The Hall–Kier alpha value is -1.72. The van der Waals surface area contributed by atoms with E-state index in [-0.39, 0.29) is 5.69 Å². The minimum absolute atomic E-state index is 0.110. The number of carboxylic acids is 1. The lowest BCUT2D eigenvalue weighted by Gasteiger charge is -2.06. The van der Waals surface area contributed by atoms with Gasteiger partial charge in [-0.2, -0.15) is 0 Å². The molecule has 106 valence electrons. The monoisotopic (exact) mass is 291 g/mol. The van der Waals surface area contributed by atoms with Gasteiger partial charge >= 0.3 is 5.97 Å². The Kier molecular flexibility index (Phi) is 5.26. The molecule has 4 nitrogen and oxygen atoms in total. The van der Waals surface area contributed by atoms with Crippen LogP contribution in [0.15, 0.2) is 29.6 Å². The highest BCUT2D eigenvalue weighted by atomic mass is 32.1. The lowest BCUT2D eigenvalue weighted by atomic mass is 10.0. The maximum atomic E-state index is 10.9. The van der Waals surface area contributed by atoms with Gasteiger partial charge in [0.25, 0.3) is 0 Å². The molecule has 1 heterocycles. The number of nitrogens with zero attached hydrogens (tertiary/aromatic N) is 1. The van der Waals surface area contributed by atoms with Crippen LogP contribution in [0.1, 0.15) is 28.9 Å². The molecule has 20 heavy (non-hydrogen) atoms. The second kappa shape index (κ2) is 7.17. The van der Waals surface area contributed by atoms with Crippen LogP contribution in [0.5, 0.6) is 0 Å². The molecule has 0 saturated heterocycles. The van der Waals surface area contributed by atoms with Crippen molar-refractivity contribution >= 4 is 17.3 Å². The van der Waals surface area contributed by atoms with Crippen molar-refractivity contribution in [1.29, 1.82) is 0 Å². The highest BCUT2D eigenvalue weighted by molar-refractivity contribution is 7.13. The molecule has 0 unspecified atom stereocenters. The summed E-state index contributed by atoms with van der Waals surface area (Å²) in [7, 11) is 1.71. The zero-order valence-corrected chi connectivity index (χ0v) is 12.2. The fourth-order valence-corrected chi connectivity index (χ4v) is 2.86. The molecule has 0 bridgehead atoms. The predicted octanol–water partition coefficient (Wildman–Crippen LogP) is 3.48. The number of hydrogen-bond donors (Lipinski definition) is 1. The number of benzene rings is 1. The van der Waals surface area contributed by atoms with Gasteiger partial charge in [-0.25, -0.2) is 9.78 Å². The largest absolute Gasteiger partial charge is 0.476 e. The number of carboxylic acid groups (broad SMARTS) is 1. The quantitative estimate of drug-likeness (QED) is 0.793. The summed E-state index contributed by atoms with van der Waals surface area (Å²) in [6, 6.07) is 8.02. The molecule has 0 fully saturated rings. The Balaban J connectivity index is 2.16. The third-order valence-corrected chi connectivity index (χ3v) is 3.89. The minimum Gasteiger partial charge on any atom is -0.476 e. The first-order chi connectivity index (χ1) is 9.72. The number of aryl methyl sites for hydroxylation is 1. The van der Waals surface area contributed by atoms with Crippen LogP contribution in [0.25, 0.3) is 10.6 Å². The maximum Gasteiger partial charge on any atom is 0.355 e. The number of unbranched alkanes of at least 4 members (excludes halogenated alkanes) is 1. The van der Waals surface area contributed by atoms with Gasteiger partial charge in [0.2, 0.25) is 0 Å². The van der Waals surface area contributed by atoms with Crippen LogP contribution in [0.3, 0.4) is 0 Å². The van der Waals surface area contributed by atoms with Crippen molar-refractivity contribution < 1.29 is 14.6 Å². The van der Waals surface area contributed by atoms with Gasteiger partial charge in [-0.3, -0.25) is 0 Å². The summed E-state index contributed by atoms with van der Waals surface area (Å²) in [6.45, 7) is 0.766. The van der Waals surface area contributed by atoms with Crippen molar-refractivity contribution in [1.82, 2.24) is 4.98 Å². The second-order valence-corrected chi connectivity index (χ2v) is 5.31. The Morgan fingerprint density at radius 3 is 2.85 bits per heavy atom. The van der Waals surface area contributed by atoms with Crippen LogP contribution in [0.4, 0.5) is 0 Å². The number of methoxy groups -OCH3 is 1. The van der Waals surface area contributed by atoms with Crippen molar-refractivity contribution in [3.63, 3.8) is 0 Å². The van der Waals surface area contributed by atoms with Crippen molar-refractivity contribution in [2.24, 2.45) is 0 Å². The normalized spacial score (nSPS) is 10.7. The summed E-state index contributed by atoms with van der Waals surface area (Å²) in [5, 5.41) is 11.3. The van der Waals surface area contributed by atoms with Crippen molar-refractivity contribution in [2.45, 2.75) is 19.3 Å². The molecule has 0 aliphatic heterocycles. The summed E-state index contributed by atoms with van der Waals surface area (Å²) in [4.78, 5) is 15.1. The number of hydrogen-bond acceptors (Lipinski definition) is 4. The van der Waals surface area contributed by atoms with Crippen LogP contribution in [0.2, 0.25) is 0 Å². The lowest BCUT2D eigenvalue weighted by Crippen LogP contribution is -1.97. The molecule has 5 heteroatoms. The third kappa shape index (κ3) is 3.65. The molecule has 0 aliphatic carbocycles. The number of thiazole rings is 1. The fraction of sp³-hybridized carbons (Fsp3) is 0.333. The standard InChI is InChI=1S/C15H17NO3S/c1-19-9-5-4-7-11-6-2-3-8-12(11)14-16-13(10-20-14)15(17)18/h2-3,6,8,10H,4-5,7,9H2,1H3,(H,17,18). The molecule has 1 N–H and O–H groups in total. The molecular formula is C15H17NO3S. The van der Waals surface area contributed by atoms with Gasteiger partial charge in [-0.1, -0.05) is 24.3 Å². The van der Waals surface area contributed by atoms with E-state index < -0.39 is 5.97 Å². The van der Waals surface area contributed by atoms with E-state index in [1.165, 1.54) is 16.9 Å². The number of carbonyl (C=O) groups is 1. The lowest BCUT2D eigenvalue weighted by molar-refractivity contribution is 0.0691. The SMILES string of the molecule is COCCCCc1ccccc1-c1nc(C(=O)O)cs1. The predicted molar refractivity (Wildman–Crippen MR) is 79.3 cm³/mol. The molecule has 2 aromatic rings. The van der Waals surface area contributed by atoms with E-state index in [1.54, 1.807) is 12.5 Å². The average Bonchev–Trinajstić information content (AvgIpc) is 2.94. The summed E-state index contributed by atoms with van der Waals surface area (Å²) in [6.07, 6.45) is 3.01. The fourth-order valence-electron chi connectivity index (χ4n) is 2.00. The van der Waals surface area contributed by atoms with Gasteiger partial charge in [-0.05, 0) is 24.8 Å². The smallest absolute Gasteiger partial charge is 0.355 e. The van der Waals surface area contributed by atoms with E-state index in [0.29, 0.717) is 0 Å². The van der Waals surface area contributed by atoms with Gasteiger partial charge in [0.05, 0.1) is 0 Å². The summed E-state index contributed by atoms with van der Waals surface area (Å²) < 4.78 is 5.05. The molecule has 0 spiro atoms. The van der Waals surface area contributed by atoms with E-state index in [2.05, 4.69) is 11.1 Å². The van der Waals surface area contributed by atoms with E-state index in [9.17, 15) is 4.79 Å². The number of rotatable bonds is 7. The van der Waals surface area contributed by atoms with Crippen molar-refractivity contribution in [3.8, 4) is 10.6 Å². The van der Waals surface area contributed by atoms with Gasteiger partial charge in [0, 0.05) is 24.7 Å². The summed E-state index contributed by atoms with van der Waals surface area (Å²) >= 11 is 1.37. The highest BCUT2D eigenvalue weighted by Crippen LogP contribution is 2.28. The maximum absolute atomic E-state index is 10.9. The first-order valence-electron chi connectivity index (χ1n) is 6.48. The topological polar surface area (TPSA) is 59.4 Å². The highest BCUT2D eigenvalue weighted by Gasteiger charge is 2.12. The molecule has 0 amide bonds. The van der Waals surface area contributed by atoms with Gasteiger partial charge in [-0.15, -0.1) is 11.3 Å². The Morgan fingerprint density at radius 1 is 1.35 bits per heavy atom. The van der Waals surface area contributed by atoms with Gasteiger partial charge in [0.15, 0.2) is 5.69 Å². The minimum atomic E-state index is -0.981. The van der Waals surface area contributed by atoms with Crippen LogP contribution in [0, 0.1) is 0 Å². The zero-order valence-electron chi connectivity index (χ0n) is 11.3. The van der Waals surface area contributed by atoms with E-state index in [4.69, 9.17) is 9.84 Å². The number of ether oxygens (including phenoxy) is 1. The molecule has 1 aromatic heterocycles. The summed E-state index contributed by atoms with van der Waals surface area (Å²) in [5.41, 5.74) is 2.34. The number of aromatic nitrogens is 1. The van der Waals surface area contributed by atoms with Crippen molar-refractivity contribution in [3.05, 3.63) is 40.9 Å². The Bertz CT molecular complexity index is 580. The summed E-state index contributed by atoms with van der Waals surface area (Å²) in [5.74, 6) is -0.981. The average molecular weight is 291 g/mol. The van der Waals surface area contributed by atoms with Crippen LogP contribution >= 0.6 is 11.3 Å². The number of aromatic carboxylic acids is 1. The molecule has 0 aliphatic rings. The Morgan fingerprint density at radius 2 is 2.15 bits per heavy atom. The third-order valence-electron chi connectivity index (χ3n) is 3.02. The molecule has 0 radical (unpaired) electrons. The first-order valence-corrected chi connectivity index (χ1v) is 7.36. The molecule has 0 atom stereocenters. The van der Waals surface area contributed by atoms with Gasteiger partial charge in [0.1, 0.15) is 5.01 Å². The molecule has 2 rings (SSSR count). The van der Waals surface area contributed by atoms with Crippen molar-refractivity contribution in [2.75, 3.05) is 13.7 Å². The van der Waals surface area contributed by atoms with Crippen LogP contribution in [-0.4, -0.2) is 29.8 Å². The first kappa shape index (κ1) is 14.7. The second-order valence-electron chi connectivity index (χ2n) is 4.45. The Labute approximate surface area is 122 Å². The molecule has 1 aromatic carbocycles. The van der Waals surface area contributed by atoms with E-state index in [0.717, 1.165) is 36.4 Å². The van der Waals surface area contributed by atoms with E-state index in [1.807, 2.05) is 18.2 Å². The molecule has 0 saturated carbocycles. The van der Waals surface area contributed by atoms with E-state index >= 15 is 0 Å². The van der Waals surface area contributed by atoms with Gasteiger partial charge < -0.3 is 9.84 Å². The van der Waals surface area contributed by atoms with Crippen LogP contribution < -0.4 is 0 Å². The zero-order chi connectivity index (χ0) is 14.4.